The summed E-state index contributed by atoms with van der Waals surface area (Å²) in [5, 5.41) is 1.85. The van der Waals surface area contributed by atoms with E-state index in [-0.39, 0.29) is 18.4 Å². The lowest BCUT2D eigenvalue weighted by Crippen LogP contribution is -2.41. The zero-order valence-electron chi connectivity index (χ0n) is 13.2. The molecule has 0 fully saturated rings. The predicted molar refractivity (Wildman–Crippen MR) is 97.4 cm³/mol. The molecule has 2 amide bonds. The molecule has 0 unspecified atom stereocenters. The maximum atomic E-state index is 12.9. The Kier molecular flexibility index (Phi) is 5.33. The molecule has 4 nitrogen and oxygen atoms in total. The molecule has 0 bridgehead atoms. The van der Waals surface area contributed by atoms with Gasteiger partial charge in [0.2, 0.25) is 11.8 Å². The minimum Gasteiger partial charge on any atom is -0.308 e. The Labute approximate surface area is 145 Å². The van der Waals surface area contributed by atoms with Crippen LogP contribution in [0.5, 0.6) is 0 Å². The number of hydrogen-bond donors (Lipinski definition) is 0. The Hall–Kier alpha value is -2.53. The summed E-state index contributed by atoms with van der Waals surface area (Å²) in [5.41, 5.74) is 1.87. The second-order valence-corrected chi connectivity index (χ2v) is 6.31. The van der Waals surface area contributed by atoms with Crippen molar-refractivity contribution in [1.29, 1.82) is 0 Å². The van der Waals surface area contributed by atoms with E-state index in [0.29, 0.717) is 12.3 Å². The van der Waals surface area contributed by atoms with Crippen molar-refractivity contribution in [2.24, 2.45) is 0 Å². The van der Waals surface area contributed by atoms with Crippen LogP contribution in [0.4, 0.5) is 5.69 Å². The molecule has 1 aliphatic heterocycles. The summed E-state index contributed by atoms with van der Waals surface area (Å²) in [6.45, 7) is 0.530. The van der Waals surface area contributed by atoms with Crippen molar-refractivity contribution < 1.29 is 9.59 Å². The van der Waals surface area contributed by atoms with Crippen LogP contribution in [-0.4, -0.2) is 29.0 Å². The monoisotopic (exact) mass is 338 g/mol. The van der Waals surface area contributed by atoms with Crippen molar-refractivity contribution in [2.45, 2.75) is 6.54 Å². The van der Waals surface area contributed by atoms with Crippen LogP contribution in [-0.2, 0) is 16.1 Å². The number of thioether (sulfide) groups is 1. The van der Waals surface area contributed by atoms with Crippen molar-refractivity contribution in [3.05, 3.63) is 77.8 Å². The molecular weight excluding hydrogens is 320 g/mol. The molecule has 24 heavy (non-hydrogen) atoms. The highest BCUT2D eigenvalue weighted by Crippen LogP contribution is 2.19. The van der Waals surface area contributed by atoms with Gasteiger partial charge in [-0.25, -0.2) is 0 Å². The van der Waals surface area contributed by atoms with Crippen LogP contribution in [0.3, 0.4) is 0 Å². The molecule has 0 saturated heterocycles. The van der Waals surface area contributed by atoms with Crippen LogP contribution in [0.25, 0.3) is 0 Å². The maximum absolute atomic E-state index is 12.9. The van der Waals surface area contributed by atoms with Gasteiger partial charge in [-0.3, -0.25) is 9.59 Å². The number of carbonyl (C=O) groups excluding carboxylic acids is 2. The first-order valence-corrected chi connectivity index (χ1v) is 8.76. The summed E-state index contributed by atoms with van der Waals surface area (Å²) >= 11 is 1.44. The van der Waals surface area contributed by atoms with Crippen LogP contribution in [0.1, 0.15) is 5.56 Å². The number of hydrogen-bond acceptors (Lipinski definition) is 3. The van der Waals surface area contributed by atoms with Crippen molar-refractivity contribution in [3.8, 4) is 0 Å². The van der Waals surface area contributed by atoms with Gasteiger partial charge in [-0.2, -0.15) is 0 Å². The van der Waals surface area contributed by atoms with E-state index in [2.05, 4.69) is 0 Å². The number of amides is 2. The first-order valence-electron chi connectivity index (χ1n) is 7.71. The van der Waals surface area contributed by atoms with Gasteiger partial charge < -0.3 is 9.80 Å². The Balaban J connectivity index is 1.81. The van der Waals surface area contributed by atoms with Gasteiger partial charge >= 0.3 is 0 Å². The number of nitrogens with zero attached hydrogens (tertiary/aromatic N) is 2. The first-order chi connectivity index (χ1) is 11.7. The summed E-state index contributed by atoms with van der Waals surface area (Å²) in [4.78, 5) is 28.0. The third-order valence-electron chi connectivity index (χ3n) is 3.72. The summed E-state index contributed by atoms with van der Waals surface area (Å²) in [5.74, 6) is 0.242. The molecule has 0 atom stereocenters. The van der Waals surface area contributed by atoms with Gasteiger partial charge in [0.15, 0.2) is 0 Å². The van der Waals surface area contributed by atoms with Gasteiger partial charge in [-0.15, -0.1) is 11.8 Å². The molecule has 0 N–H and O–H groups in total. The quantitative estimate of drug-likeness (QED) is 0.840. The van der Waals surface area contributed by atoms with Crippen LogP contribution < -0.4 is 4.90 Å². The summed E-state index contributed by atoms with van der Waals surface area (Å²) in [7, 11) is 0. The average molecular weight is 338 g/mol. The molecule has 1 aliphatic rings. The summed E-state index contributed by atoms with van der Waals surface area (Å²) in [6, 6.07) is 19.4. The second-order valence-electron chi connectivity index (χ2n) is 5.42. The zero-order chi connectivity index (χ0) is 16.8. The Bertz CT molecular complexity index is 732. The molecule has 1 heterocycles. The lowest BCUT2D eigenvalue weighted by Gasteiger charge is -2.27. The average Bonchev–Trinajstić information content (AvgIpc) is 2.63. The largest absolute Gasteiger partial charge is 0.308 e. The van der Waals surface area contributed by atoms with Gasteiger partial charge in [0.1, 0.15) is 6.54 Å². The van der Waals surface area contributed by atoms with Gasteiger partial charge in [-0.05, 0) is 23.1 Å². The molecule has 2 aromatic carbocycles. The van der Waals surface area contributed by atoms with Gasteiger partial charge in [-0.1, -0.05) is 48.5 Å². The van der Waals surface area contributed by atoms with E-state index in [1.54, 1.807) is 11.1 Å². The van der Waals surface area contributed by atoms with Crippen molar-refractivity contribution in [3.63, 3.8) is 0 Å². The third-order valence-corrected chi connectivity index (χ3v) is 4.45. The normalized spacial score (nSPS) is 13.8. The summed E-state index contributed by atoms with van der Waals surface area (Å²) < 4.78 is 0. The van der Waals surface area contributed by atoms with E-state index in [4.69, 9.17) is 0 Å². The fourth-order valence-electron chi connectivity index (χ4n) is 2.47. The summed E-state index contributed by atoms with van der Waals surface area (Å²) in [6.07, 6.45) is 1.68. The van der Waals surface area contributed by atoms with Crippen LogP contribution >= 0.6 is 11.8 Å². The molecule has 2 aromatic rings. The van der Waals surface area contributed by atoms with Gasteiger partial charge in [0, 0.05) is 11.9 Å². The lowest BCUT2D eigenvalue weighted by molar-refractivity contribution is -0.130. The number of rotatable bonds is 5. The third kappa shape index (κ3) is 4.06. The molecule has 122 valence electrons. The molecule has 0 aromatic heterocycles. The van der Waals surface area contributed by atoms with Crippen molar-refractivity contribution in [1.82, 2.24) is 4.90 Å². The molecule has 0 saturated carbocycles. The Morgan fingerprint density at radius 1 is 1.04 bits per heavy atom. The number of benzene rings is 2. The molecule has 0 spiro atoms. The van der Waals surface area contributed by atoms with Crippen LogP contribution in [0.15, 0.2) is 72.3 Å². The smallest absolute Gasteiger partial charge is 0.247 e. The number of para-hydroxylation sites is 1. The van der Waals surface area contributed by atoms with Crippen LogP contribution in [0, 0.1) is 0 Å². The minimum absolute atomic E-state index is 0.0384. The maximum Gasteiger partial charge on any atom is 0.247 e. The second kappa shape index (κ2) is 7.84. The highest BCUT2D eigenvalue weighted by Gasteiger charge is 2.22. The molecule has 3 rings (SSSR count). The van der Waals surface area contributed by atoms with Gasteiger partial charge in [0.05, 0.1) is 12.3 Å². The molecule has 0 radical (unpaired) electrons. The van der Waals surface area contributed by atoms with Crippen LogP contribution in [0.2, 0.25) is 0 Å². The van der Waals surface area contributed by atoms with E-state index in [9.17, 15) is 9.59 Å². The van der Waals surface area contributed by atoms with Gasteiger partial charge in [0.25, 0.3) is 0 Å². The zero-order valence-corrected chi connectivity index (χ0v) is 14.0. The van der Waals surface area contributed by atoms with Crippen molar-refractivity contribution >= 4 is 29.3 Å². The fourth-order valence-corrected chi connectivity index (χ4v) is 3.11. The SMILES string of the molecule is O=C1CSC=CN1CC(=O)N(Cc1ccccc1)c1ccccc1. The topological polar surface area (TPSA) is 40.6 Å². The van der Waals surface area contributed by atoms with E-state index < -0.39 is 0 Å². The Morgan fingerprint density at radius 2 is 1.71 bits per heavy atom. The van der Waals surface area contributed by atoms with E-state index in [1.165, 1.54) is 16.7 Å². The lowest BCUT2D eigenvalue weighted by atomic mass is 10.2. The highest BCUT2D eigenvalue weighted by atomic mass is 32.2. The van der Waals surface area contributed by atoms with E-state index >= 15 is 0 Å². The molecule has 5 heteroatoms. The molecule has 0 aliphatic carbocycles. The molecular formula is C19H18N2O2S. The van der Waals surface area contributed by atoms with E-state index in [1.807, 2.05) is 66.1 Å². The standard InChI is InChI=1S/C19H18N2O2S/c22-18(14-20-11-12-24-15-19(20)23)21(17-9-5-2-6-10-17)13-16-7-3-1-4-8-16/h1-12H,13-15H2. The van der Waals surface area contributed by atoms with E-state index in [0.717, 1.165) is 11.3 Å². The highest BCUT2D eigenvalue weighted by molar-refractivity contribution is 8.02. The first kappa shape index (κ1) is 16.3. The fraction of sp³-hybridized carbons (Fsp3) is 0.158. The predicted octanol–water partition coefficient (Wildman–Crippen LogP) is 3.27. The minimum atomic E-state index is -0.102. The number of anilines is 1. The Morgan fingerprint density at radius 3 is 2.38 bits per heavy atom. The van der Waals surface area contributed by atoms with Crippen molar-refractivity contribution in [2.75, 3.05) is 17.2 Å². The number of carbonyl (C=O) groups is 2.